The van der Waals surface area contributed by atoms with Gasteiger partial charge in [0, 0.05) is 5.56 Å². The molecule has 1 heterocycles. The Balaban J connectivity index is 1.88. The largest absolute Gasteiger partial charge is 0.497 e. The van der Waals surface area contributed by atoms with Gasteiger partial charge in [-0.3, -0.25) is 4.79 Å². The lowest BCUT2D eigenvalue weighted by molar-refractivity contribution is -0.120. The second-order valence-electron chi connectivity index (χ2n) is 7.56. The molecular formula is C24H24N2O4. The summed E-state index contributed by atoms with van der Waals surface area (Å²) < 4.78 is 5.18. The summed E-state index contributed by atoms with van der Waals surface area (Å²) in [7, 11) is 1.60. The van der Waals surface area contributed by atoms with Crippen molar-refractivity contribution in [3.05, 3.63) is 77.4 Å². The first-order valence-electron chi connectivity index (χ1n) is 9.49. The molecule has 3 rings (SSSR count). The molecule has 1 aromatic heterocycles. The normalized spacial score (nSPS) is 11.1. The maximum Gasteiger partial charge on any atom is 0.335 e. The molecule has 2 N–H and O–H groups in total. The highest BCUT2D eigenvalue weighted by Gasteiger charge is 2.30. The molecule has 6 heteroatoms. The van der Waals surface area contributed by atoms with Gasteiger partial charge in [-0.05, 0) is 62.2 Å². The lowest BCUT2D eigenvalue weighted by Crippen LogP contribution is -2.35. The zero-order chi connectivity index (χ0) is 21.9. The molecule has 154 valence electrons. The van der Waals surface area contributed by atoms with Crippen molar-refractivity contribution < 1.29 is 19.4 Å². The first-order valence-corrected chi connectivity index (χ1v) is 9.49. The Labute approximate surface area is 175 Å². The van der Waals surface area contributed by atoms with Gasteiger partial charge in [0.15, 0.2) is 0 Å². The molecule has 0 bridgehead atoms. The number of carbonyl (C=O) groups is 2. The number of hydrogen-bond donors (Lipinski definition) is 2. The number of benzene rings is 2. The number of hydrogen-bond acceptors (Lipinski definition) is 4. The number of anilines is 1. The van der Waals surface area contributed by atoms with Crippen LogP contribution in [0.15, 0.2) is 60.7 Å². The average molecular weight is 404 g/mol. The van der Waals surface area contributed by atoms with Crippen molar-refractivity contribution in [2.24, 2.45) is 0 Å². The van der Waals surface area contributed by atoms with Crippen molar-refractivity contribution >= 4 is 17.7 Å². The third kappa shape index (κ3) is 4.33. The lowest BCUT2D eigenvalue weighted by atomic mass is 9.83. The molecule has 0 aliphatic rings. The number of methoxy groups -OCH3 is 1. The lowest BCUT2D eigenvalue weighted by Gasteiger charge is -2.24. The topological polar surface area (TPSA) is 88.5 Å². The summed E-state index contributed by atoms with van der Waals surface area (Å²) in [4.78, 5) is 28.9. The number of aromatic carboxylic acids is 1. The molecule has 0 radical (unpaired) electrons. The standard InChI is InChI=1S/C24H24N2O4/c1-15-8-13-20(25-21(15)16-6-5-7-17(14-16)22(27)28)26-23(29)24(2,3)18-9-11-19(30-4)12-10-18/h5-14H,1-4H3,(H,27,28)(H,25,26,29). The summed E-state index contributed by atoms with van der Waals surface area (Å²) in [6, 6.07) is 17.5. The molecule has 0 aliphatic heterocycles. The third-order valence-corrected chi connectivity index (χ3v) is 5.10. The fraction of sp³-hybridized carbons (Fsp3) is 0.208. The van der Waals surface area contributed by atoms with Crippen LogP contribution < -0.4 is 10.1 Å². The van der Waals surface area contributed by atoms with E-state index in [1.54, 1.807) is 31.4 Å². The minimum absolute atomic E-state index is 0.184. The van der Waals surface area contributed by atoms with Crippen molar-refractivity contribution in [2.45, 2.75) is 26.2 Å². The number of amides is 1. The Morgan fingerprint density at radius 2 is 1.73 bits per heavy atom. The first-order chi connectivity index (χ1) is 14.2. The Morgan fingerprint density at radius 1 is 1.03 bits per heavy atom. The van der Waals surface area contributed by atoms with Gasteiger partial charge in [-0.25, -0.2) is 9.78 Å². The van der Waals surface area contributed by atoms with E-state index in [4.69, 9.17) is 4.74 Å². The molecule has 0 fully saturated rings. The van der Waals surface area contributed by atoms with E-state index >= 15 is 0 Å². The Hall–Kier alpha value is -3.67. The summed E-state index contributed by atoms with van der Waals surface area (Å²) in [5, 5.41) is 12.1. The molecule has 0 saturated heterocycles. The molecule has 0 aliphatic carbocycles. The number of rotatable bonds is 6. The van der Waals surface area contributed by atoms with E-state index in [2.05, 4.69) is 10.3 Å². The Kier molecular flexibility index (Phi) is 5.87. The SMILES string of the molecule is COc1ccc(C(C)(C)C(=O)Nc2ccc(C)c(-c3cccc(C(=O)O)c3)n2)cc1. The van der Waals surface area contributed by atoms with Crippen LogP contribution >= 0.6 is 0 Å². The summed E-state index contributed by atoms with van der Waals surface area (Å²) in [5.74, 6) is -0.0687. The second-order valence-corrected chi connectivity index (χ2v) is 7.56. The molecular weight excluding hydrogens is 380 g/mol. The highest BCUT2D eigenvalue weighted by molar-refractivity contribution is 5.98. The maximum atomic E-state index is 13.0. The third-order valence-electron chi connectivity index (χ3n) is 5.10. The summed E-state index contributed by atoms with van der Waals surface area (Å²) in [6.07, 6.45) is 0. The fourth-order valence-electron chi connectivity index (χ4n) is 3.10. The second kappa shape index (κ2) is 8.37. The molecule has 30 heavy (non-hydrogen) atoms. The molecule has 0 spiro atoms. The molecule has 6 nitrogen and oxygen atoms in total. The number of carboxylic acid groups (broad SMARTS) is 1. The number of carbonyl (C=O) groups excluding carboxylic acids is 1. The van der Waals surface area contributed by atoms with Crippen LogP contribution in [0.3, 0.4) is 0 Å². The first kappa shape index (κ1) is 21.0. The van der Waals surface area contributed by atoms with Gasteiger partial charge in [0.1, 0.15) is 11.6 Å². The van der Waals surface area contributed by atoms with E-state index in [1.807, 2.05) is 51.1 Å². The van der Waals surface area contributed by atoms with E-state index in [1.165, 1.54) is 6.07 Å². The predicted octanol–water partition coefficient (Wildman–Crippen LogP) is 4.68. The molecule has 0 saturated carbocycles. The van der Waals surface area contributed by atoms with Crippen LogP contribution in [0.1, 0.15) is 35.3 Å². The van der Waals surface area contributed by atoms with Gasteiger partial charge in [0.25, 0.3) is 0 Å². The van der Waals surface area contributed by atoms with E-state index in [-0.39, 0.29) is 11.5 Å². The summed E-state index contributed by atoms with van der Waals surface area (Å²) in [6.45, 7) is 5.58. The van der Waals surface area contributed by atoms with Crippen molar-refractivity contribution in [1.82, 2.24) is 4.98 Å². The van der Waals surface area contributed by atoms with Gasteiger partial charge < -0.3 is 15.2 Å². The van der Waals surface area contributed by atoms with Crippen LogP contribution in [0.25, 0.3) is 11.3 Å². The molecule has 0 unspecified atom stereocenters. The average Bonchev–Trinajstić information content (AvgIpc) is 2.75. The summed E-state index contributed by atoms with van der Waals surface area (Å²) in [5.41, 5.74) is 2.43. The molecule has 3 aromatic rings. The number of aryl methyl sites for hydroxylation is 1. The zero-order valence-electron chi connectivity index (χ0n) is 17.4. The van der Waals surface area contributed by atoms with Gasteiger partial charge in [0.2, 0.25) is 5.91 Å². The van der Waals surface area contributed by atoms with Gasteiger partial charge >= 0.3 is 5.97 Å². The van der Waals surface area contributed by atoms with E-state index in [0.717, 1.165) is 16.9 Å². The number of ether oxygens (including phenoxy) is 1. The van der Waals surface area contributed by atoms with Crippen LogP contribution in [-0.4, -0.2) is 29.1 Å². The zero-order valence-corrected chi connectivity index (χ0v) is 17.4. The number of nitrogens with zero attached hydrogens (tertiary/aromatic N) is 1. The van der Waals surface area contributed by atoms with E-state index < -0.39 is 11.4 Å². The van der Waals surface area contributed by atoms with Gasteiger partial charge in [-0.1, -0.05) is 30.3 Å². The van der Waals surface area contributed by atoms with Crippen LogP contribution in [0.4, 0.5) is 5.82 Å². The van der Waals surface area contributed by atoms with Crippen LogP contribution in [-0.2, 0) is 10.2 Å². The molecule has 1 amide bonds. The van der Waals surface area contributed by atoms with Crippen molar-refractivity contribution in [3.63, 3.8) is 0 Å². The fourth-order valence-corrected chi connectivity index (χ4v) is 3.10. The van der Waals surface area contributed by atoms with E-state index in [0.29, 0.717) is 17.1 Å². The Morgan fingerprint density at radius 3 is 2.37 bits per heavy atom. The van der Waals surface area contributed by atoms with Crippen molar-refractivity contribution in [2.75, 3.05) is 12.4 Å². The van der Waals surface area contributed by atoms with Crippen LogP contribution in [0.2, 0.25) is 0 Å². The number of nitrogens with one attached hydrogen (secondary N) is 1. The maximum absolute atomic E-state index is 13.0. The van der Waals surface area contributed by atoms with Gasteiger partial charge in [-0.15, -0.1) is 0 Å². The monoisotopic (exact) mass is 404 g/mol. The Bertz CT molecular complexity index is 1090. The molecule has 0 atom stereocenters. The van der Waals surface area contributed by atoms with Crippen LogP contribution in [0, 0.1) is 6.92 Å². The smallest absolute Gasteiger partial charge is 0.335 e. The minimum Gasteiger partial charge on any atom is -0.497 e. The molecule has 2 aromatic carbocycles. The van der Waals surface area contributed by atoms with Crippen molar-refractivity contribution in [1.29, 1.82) is 0 Å². The highest BCUT2D eigenvalue weighted by atomic mass is 16.5. The highest BCUT2D eigenvalue weighted by Crippen LogP contribution is 2.28. The number of pyridine rings is 1. The van der Waals surface area contributed by atoms with Crippen molar-refractivity contribution in [3.8, 4) is 17.0 Å². The quantitative estimate of drug-likeness (QED) is 0.623. The van der Waals surface area contributed by atoms with Gasteiger partial charge in [-0.2, -0.15) is 0 Å². The number of carboxylic acids is 1. The van der Waals surface area contributed by atoms with Gasteiger partial charge in [0.05, 0.1) is 23.8 Å². The minimum atomic E-state index is -1.000. The predicted molar refractivity (Wildman–Crippen MR) is 116 cm³/mol. The summed E-state index contributed by atoms with van der Waals surface area (Å²) >= 11 is 0. The van der Waals surface area contributed by atoms with E-state index in [9.17, 15) is 14.7 Å². The number of aromatic nitrogens is 1. The van der Waals surface area contributed by atoms with Crippen LogP contribution in [0.5, 0.6) is 5.75 Å².